The van der Waals surface area contributed by atoms with Crippen molar-refractivity contribution in [3.63, 3.8) is 0 Å². The van der Waals surface area contributed by atoms with Gasteiger partial charge in [-0.25, -0.2) is 0 Å². The minimum atomic E-state index is -0.0311. The maximum absolute atomic E-state index is 12.4. The first-order chi connectivity index (χ1) is 10.3. The molecule has 1 aromatic heterocycles. The Balaban J connectivity index is 1.68. The number of aromatic nitrogens is 1. The maximum Gasteiger partial charge on any atom is 0.242 e. The zero-order valence-corrected chi connectivity index (χ0v) is 12.0. The molecule has 4 heteroatoms. The zero-order chi connectivity index (χ0) is 14.2. The Morgan fingerprint density at radius 2 is 2.05 bits per heavy atom. The van der Waals surface area contributed by atoms with Crippen LogP contribution in [-0.2, 0) is 4.79 Å². The molecule has 1 aliphatic carbocycles. The normalized spacial score (nSPS) is 21.7. The summed E-state index contributed by atoms with van der Waals surface area (Å²) in [4.78, 5) is 19.1. The number of hydrogen-bond acceptors (Lipinski definition) is 3. The fraction of sp³-hybridized carbons (Fsp3) is 0.412. The monoisotopic (exact) mass is 281 g/mol. The van der Waals surface area contributed by atoms with Gasteiger partial charge in [0.05, 0.1) is 5.52 Å². The average molecular weight is 281 g/mol. The fourth-order valence-electron chi connectivity index (χ4n) is 3.18. The van der Waals surface area contributed by atoms with Gasteiger partial charge in [-0.05, 0) is 37.8 Å². The van der Waals surface area contributed by atoms with Crippen LogP contribution in [0.25, 0.3) is 10.9 Å². The van der Waals surface area contributed by atoms with Crippen molar-refractivity contribution < 1.29 is 4.79 Å². The third-order valence-electron chi connectivity index (χ3n) is 4.41. The lowest BCUT2D eigenvalue weighted by Gasteiger charge is -2.27. The van der Waals surface area contributed by atoms with Crippen molar-refractivity contribution in [2.24, 2.45) is 0 Å². The number of anilines is 1. The first-order valence-corrected chi connectivity index (χ1v) is 7.74. The summed E-state index contributed by atoms with van der Waals surface area (Å²) in [6, 6.07) is 10.6. The molecule has 1 aliphatic heterocycles. The van der Waals surface area contributed by atoms with E-state index >= 15 is 0 Å². The van der Waals surface area contributed by atoms with Crippen LogP contribution in [0, 0.1) is 0 Å². The fourth-order valence-corrected chi connectivity index (χ4v) is 3.18. The molecule has 0 radical (unpaired) electrons. The topological polar surface area (TPSA) is 45.2 Å². The highest BCUT2D eigenvalue weighted by atomic mass is 16.2. The molecule has 0 spiro atoms. The molecule has 0 bridgehead atoms. The third-order valence-corrected chi connectivity index (χ3v) is 4.41. The van der Waals surface area contributed by atoms with Crippen LogP contribution < -0.4 is 10.2 Å². The van der Waals surface area contributed by atoms with E-state index in [0.29, 0.717) is 6.04 Å². The van der Waals surface area contributed by atoms with E-state index in [2.05, 4.69) is 21.3 Å². The van der Waals surface area contributed by atoms with Gasteiger partial charge >= 0.3 is 0 Å². The second kappa shape index (κ2) is 5.02. The van der Waals surface area contributed by atoms with Crippen molar-refractivity contribution in [1.82, 2.24) is 10.3 Å². The number of para-hydroxylation sites is 1. The summed E-state index contributed by atoms with van der Waals surface area (Å²) < 4.78 is 0. The first kappa shape index (κ1) is 12.6. The lowest BCUT2D eigenvalue weighted by atomic mass is 10.1. The molecule has 108 valence electrons. The molecule has 1 aromatic carbocycles. The van der Waals surface area contributed by atoms with Crippen LogP contribution >= 0.6 is 0 Å². The van der Waals surface area contributed by atoms with Crippen molar-refractivity contribution in [2.45, 2.75) is 37.8 Å². The molecule has 4 rings (SSSR count). The van der Waals surface area contributed by atoms with E-state index < -0.39 is 0 Å². The van der Waals surface area contributed by atoms with Crippen molar-refractivity contribution in [3.05, 3.63) is 36.5 Å². The van der Waals surface area contributed by atoms with Crippen LogP contribution in [0.4, 0.5) is 5.69 Å². The molecule has 1 atom stereocenters. The van der Waals surface area contributed by atoms with Gasteiger partial charge in [0, 0.05) is 29.9 Å². The molecule has 1 amide bonds. The molecule has 2 aliphatic rings. The SMILES string of the molecule is O=C(NC1CC1)[C@@H]1CCCN1c1ccnc2ccccc12. The van der Waals surface area contributed by atoms with Gasteiger partial charge in [-0.1, -0.05) is 18.2 Å². The number of pyridine rings is 1. The van der Waals surface area contributed by atoms with Gasteiger partial charge in [-0.2, -0.15) is 0 Å². The molecule has 1 saturated carbocycles. The average Bonchev–Trinajstić information content (AvgIpc) is 3.19. The number of benzene rings is 1. The van der Waals surface area contributed by atoms with Crippen molar-refractivity contribution in [3.8, 4) is 0 Å². The van der Waals surface area contributed by atoms with Gasteiger partial charge in [0.15, 0.2) is 0 Å². The zero-order valence-electron chi connectivity index (χ0n) is 12.0. The molecule has 1 N–H and O–H groups in total. The Morgan fingerprint density at radius 3 is 2.90 bits per heavy atom. The molecular formula is C17H19N3O. The highest BCUT2D eigenvalue weighted by molar-refractivity contribution is 5.95. The number of carbonyl (C=O) groups is 1. The molecule has 0 unspecified atom stereocenters. The smallest absolute Gasteiger partial charge is 0.242 e. The lowest BCUT2D eigenvalue weighted by molar-refractivity contribution is -0.122. The van der Waals surface area contributed by atoms with E-state index in [1.165, 1.54) is 0 Å². The second-order valence-corrected chi connectivity index (χ2v) is 5.98. The van der Waals surface area contributed by atoms with Crippen LogP contribution in [0.5, 0.6) is 0 Å². The van der Waals surface area contributed by atoms with Crippen LogP contribution in [0.1, 0.15) is 25.7 Å². The minimum Gasteiger partial charge on any atom is -0.359 e. The molecule has 4 nitrogen and oxygen atoms in total. The van der Waals surface area contributed by atoms with Gasteiger partial charge in [0.25, 0.3) is 0 Å². The molecule has 1 saturated heterocycles. The van der Waals surface area contributed by atoms with Crippen LogP contribution in [-0.4, -0.2) is 29.5 Å². The van der Waals surface area contributed by atoms with E-state index in [0.717, 1.165) is 48.8 Å². The number of carbonyl (C=O) groups excluding carboxylic acids is 1. The molecule has 2 heterocycles. The Bertz CT molecular complexity index is 675. The van der Waals surface area contributed by atoms with Gasteiger partial charge < -0.3 is 10.2 Å². The molecule has 21 heavy (non-hydrogen) atoms. The van der Waals surface area contributed by atoms with E-state index in [9.17, 15) is 4.79 Å². The van der Waals surface area contributed by atoms with E-state index in [1.807, 2.05) is 30.5 Å². The Hall–Kier alpha value is -2.10. The summed E-state index contributed by atoms with van der Waals surface area (Å²) >= 11 is 0. The standard InChI is InChI=1S/C17H19N3O/c21-17(19-12-7-8-12)16-6-3-11-20(16)15-9-10-18-14-5-2-1-4-13(14)15/h1-2,4-5,9-10,12,16H,3,6-8,11H2,(H,19,21)/t16-/m0/s1. The van der Waals surface area contributed by atoms with Gasteiger partial charge in [0.1, 0.15) is 6.04 Å². The predicted octanol–water partition coefficient (Wildman–Crippen LogP) is 2.48. The lowest BCUT2D eigenvalue weighted by Crippen LogP contribution is -2.44. The molecule has 2 fully saturated rings. The molecular weight excluding hydrogens is 262 g/mol. The molecule has 2 aromatic rings. The van der Waals surface area contributed by atoms with Crippen LogP contribution in [0.2, 0.25) is 0 Å². The predicted molar refractivity (Wildman–Crippen MR) is 83.3 cm³/mol. The number of hydrogen-bond donors (Lipinski definition) is 1. The summed E-state index contributed by atoms with van der Waals surface area (Å²) in [5.41, 5.74) is 2.12. The largest absolute Gasteiger partial charge is 0.359 e. The van der Waals surface area contributed by atoms with Crippen LogP contribution in [0.3, 0.4) is 0 Å². The quantitative estimate of drug-likeness (QED) is 0.940. The number of nitrogens with one attached hydrogen (secondary N) is 1. The third kappa shape index (κ3) is 2.35. The van der Waals surface area contributed by atoms with Crippen LogP contribution in [0.15, 0.2) is 36.5 Å². The Labute approximate surface area is 124 Å². The highest BCUT2D eigenvalue weighted by Crippen LogP contribution is 2.31. The number of nitrogens with zero attached hydrogens (tertiary/aromatic N) is 2. The van der Waals surface area contributed by atoms with Crippen molar-refractivity contribution in [1.29, 1.82) is 0 Å². The summed E-state index contributed by atoms with van der Waals surface area (Å²) in [5, 5.41) is 4.28. The summed E-state index contributed by atoms with van der Waals surface area (Å²) in [6.07, 6.45) is 6.12. The maximum atomic E-state index is 12.4. The summed E-state index contributed by atoms with van der Waals surface area (Å²) in [6.45, 7) is 0.941. The van der Waals surface area contributed by atoms with Gasteiger partial charge in [0.2, 0.25) is 5.91 Å². The number of amides is 1. The van der Waals surface area contributed by atoms with Gasteiger partial charge in [-0.15, -0.1) is 0 Å². The highest BCUT2D eigenvalue weighted by Gasteiger charge is 2.34. The van der Waals surface area contributed by atoms with E-state index in [4.69, 9.17) is 0 Å². The second-order valence-electron chi connectivity index (χ2n) is 5.98. The Morgan fingerprint density at radius 1 is 1.19 bits per heavy atom. The van der Waals surface area contributed by atoms with Gasteiger partial charge in [-0.3, -0.25) is 9.78 Å². The van der Waals surface area contributed by atoms with Crippen molar-refractivity contribution >= 4 is 22.5 Å². The summed E-state index contributed by atoms with van der Waals surface area (Å²) in [7, 11) is 0. The Kier molecular flexibility index (Phi) is 3.02. The van der Waals surface area contributed by atoms with E-state index in [-0.39, 0.29) is 11.9 Å². The first-order valence-electron chi connectivity index (χ1n) is 7.74. The number of rotatable bonds is 3. The van der Waals surface area contributed by atoms with Crippen molar-refractivity contribution in [2.75, 3.05) is 11.4 Å². The minimum absolute atomic E-state index is 0.0311. The van der Waals surface area contributed by atoms with E-state index in [1.54, 1.807) is 0 Å². The summed E-state index contributed by atoms with van der Waals surface area (Å²) in [5.74, 6) is 0.191. The number of fused-ring (bicyclic) bond motifs is 1.